The van der Waals surface area contributed by atoms with E-state index in [4.69, 9.17) is 11.6 Å². The molecule has 0 aromatic heterocycles. The second-order valence-electron chi connectivity index (χ2n) is 5.22. The lowest BCUT2D eigenvalue weighted by atomic mass is 10.2. The summed E-state index contributed by atoms with van der Waals surface area (Å²) in [5.74, 6) is -0.586. The van der Waals surface area contributed by atoms with Crippen molar-refractivity contribution in [1.29, 1.82) is 0 Å². The minimum Gasteiger partial charge on any atom is -0.365 e. The number of rotatable bonds is 6. The molecule has 134 valence electrons. The molecule has 0 aliphatic heterocycles. The fourth-order valence-electron chi connectivity index (χ4n) is 2.25. The van der Waals surface area contributed by atoms with Gasteiger partial charge in [0.15, 0.2) is 0 Å². The molecule has 0 unspecified atom stereocenters. The molecule has 0 fully saturated rings. The smallest absolute Gasteiger partial charge is 0.293 e. The van der Waals surface area contributed by atoms with Gasteiger partial charge in [-0.1, -0.05) is 17.7 Å². The summed E-state index contributed by atoms with van der Waals surface area (Å²) >= 11 is 5.63. The molecule has 0 amide bonds. The summed E-state index contributed by atoms with van der Waals surface area (Å²) in [7, 11) is -1.00. The van der Waals surface area contributed by atoms with Gasteiger partial charge in [-0.15, -0.1) is 0 Å². The van der Waals surface area contributed by atoms with Gasteiger partial charge in [0, 0.05) is 19.7 Å². The number of halogens is 2. The molecular weight excluding hydrogens is 373 g/mol. The highest BCUT2D eigenvalue weighted by Crippen LogP contribution is 2.31. The second kappa shape index (κ2) is 7.34. The molecule has 0 atom stereocenters. The Balaban J connectivity index is 2.40. The molecule has 0 saturated heterocycles. The molecule has 2 aromatic carbocycles. The van der Waals surface area contributed by atoms with Crippen LogP contribution in [0.1, 0.15) is 5.56 Å². The highest BCUT2D eigenvalue weighted by Gasteiger charge is 2.22. The summed E-state index contributed by atoms with van der Waals surface area (Å²) in [4.78, 5) is 12.0. The van der Waals surface area contributed by atoms with E-state index in [1.165, 1.54) is 36.2 Å². The molecule has 0 bridgehead atoms. The minimum atomic E-state index is -3.80. The van der Waals surface area contributed by atoms with E-state index in [9.17, 15) is 22.9 Å². The van der Waals surface area contributed by atoms with Crippen LogP contribution in [-0.4, -0.2) is 27.4 Å². The number of nitrogens with one attached hydrogen (secondary N) is 1. The standard InChI is InChI=1S/C15H15ClFN3O4S/c1-18-25(23,24)11-4-6-14(15(8-11)20(21)22)19(2)9-10-3-5-12(16)13(17)7-10/h3-8,18H,9H2,1-2H3. The number of nitro groups is 1. The Morgan fingerprint density at radius 2 is 1.96 bits per heavy atom. The van der Waals surface area contributed by atoms with E-state index in [0.717, 1.165) is 6.07 Å². The van der Waals surface area contributed by atoms with Crippen LogP contribution in [0.2, 0.25) is 5.02 Å². The summed E-state index contributed by atoms with van der Waals surface area (Å²) < 4.78 is 39.3. The van der Waals surface area contributed by atoms with Crippen molar-refractivity contribution in [2.45, 2.75) is 11.4 Å². The van der Waals surface area contributed by atoms with E-state index in [2.05, 4.69) is 4.72 Å². The van der Waals surface area contributed by atoms with Gasteiger partial charge in [0.25, 0.3) is 5.69 Å². The Labute approximate surface area is 149 Å². The van der Waals surface area contributed by atoms with Crippen LogP contribution in [0.5, 0.6) is 0 Å². The lowest BCUT2D eigenvalue weighted by molar-refractivity contribution is -0.384. The highest BCUT2D eigenvalue weighted by atomic mass is 35.5. The third-order valence-corrected chi connectivity index (χ3v) is 5.26. The SMILES string of the molecule is CNS(=O)(=O)c1ccc(N(C)Cc2ccc(Cl)c(F)c2)c([N+](=O)[O-])c1. The average molecular weight is 388 g/mol. The first-order valence-corrected chi connectivity index (χ1v) is 8.89. The van der Waals surface area contributed by atoms with Gasteiger partial charge in [-0.05, 0) is 36.9 Å². The third kappa shape index (κ3) is 4.25. The number of hydrogen-bond acceptors (Lipinski definition) is 5. The summed E-state index contributed by atoms with van der Waals surface area (Å²) in [6.45, 7) is 0.174. The molecule has 0 heterocycles. The fraction of sp³-hybridized carbons (Fsp3) is 0.200. The first-order valence-electron chi connectivity index (χ1n) is 7.02. The van der Waals surface area contributed by atoms with Gasteiger partial charge in [0.1, 0.15) is 11.5 Å². The van der Waals surface area contributed by atoms with Crippen LogP contribution in [0.3, 0.4) is 0 Å². The second-order valence-corrected chi connectivity index (χ2v) is 7.51. The molecule has 0 saturated carbocycles. The van der Waals surface area contributed by atoms with Crippen LogP contribution < -0.4 is 9.62 Å². The van der Waals surface area contributed by atoms with Gasteiger partial charge in [-0.3, -0.25) is 10.1 Å². The number of anilines is 1. The van der Waals surface area contributed by atoms with Crippen molar-refractivity contribution in [2.75, 3.05) is 19.0 Å². The number of benzene rings is 2. The zero-order valence-corrected chi connectivity index (χ0v) is 14.9. The van der Waals surface area contributed by atoms with E-state index in [0.29, 0.717) is 5.56 Å². The molecule has 0 aliphatic carbocycles. The maximum absolute atomic E-state index is 13.5. The maximum Gasteiger partial charge on any atom is 0.293 e. The Morgan fingerprint density at radius 3 is 2.52 bits per heavy atom. The summed E-state index contributed by atoms with van der Waals surface area (Å²) in [6, 6.07) is 7.84. The zero-order valence-electron chi connectivity index (χ0n) is 13.4. The van der Waals surface area contributed by atoms with E-state index < -0.39 is 20.8 Å². The van der Waals surface area contributed by atoms with Gasteiger partial charge in [-0.25, -0.2) is 17.5 Å². The molecule has 25 heavy (non-hydrogen) atoms. The predicted octanol–water partition coefficient (Wildman–Crippen LogP) is 2.93. The van der Waals surface area contributed by atoms with Crippen molar-refractivity contribution in [3.63, 3.8) is 0 Å². The minimum absolute atomic E-state index is 0.0148. The van der Waals surface area contributed by atoms with Crippen LogP contribution in [0.4, 0.5) is 15.8 Å². The largest absolute Gasteiger partial charge is 0.365 e. The lowest BCUT2D eigenvalue weighted by Crippen LogP contribution is -2.20. The summed E-state index contributed by atoms with van der Waals surface area (Å²) in [6.07, 6.45) is 0. The van der Waals surface area contributed by atoms with Gasteiger partial charge >= 0.3 is 0 Å². The van der Waals surface area contributed by atoms with Crippen molar-refractivity contribution in [3.05, 3.63) is 62.9 Å². The molecule has 10 heteroatoms. The highest BCUT2D eigenvalue weighted by molar-refractivity contribution is 7.89. The molecular formula is C15H15ClFN3O4S. The Morgan fingerprint density at radius 1 is 1.28 bits per heavy atom. The number of nitro benzene ring substituents is 1. The third-order valence-electron chi connectivity index (χ3n) is 3.54. The molecule has 2 aromatic rings. The van der Waals surface area contributed by atoms with E-state index >= 15 is 0 Å². The van der Waals surface area contributed by atoms with Gasteiger partial charge in [-0.2, -0.15) is 0 Å². The van der Waals surface area contributed by atoms with Gasteiger partial charge < -0.3 is 4.90 Å². The van der Waals surface area contributed by atoms with Crippen molar-refractivity contribution >= 4 is 33.0 Å². The van der Waals surface area contributed by atoms with E-state index in [-0.39, 0.29) is 27.8 Å². The Bertz CT molecular complexity index is 921. The number of hydrogen-bond donors (Lipinski definition) is 1. The zero-order chi connectivity index (χ0) is 18.8. The van der Waals surface area contributed by atoms with Crippen molar-refractivity contribution < 1.29 is 17.7 Å². The van der Waals surface area contributed by atoms with Crippen LogP contribution in [0.25, 0.3) is 0 Å². The van der Waals surface area contributed by atoms with Crippen LogP contribution in [0, 0.1) is 15.9 Å². The summed E-state index contributed by atoms with van der Waals surface area (Å²) in [5, 5.41) is 11.3. The van der Waals surface area contributed by atoms with Crippen molar-refractivity contribution in [1.82, 2.24) is 4.72 Å². The van der Waals surface area contributed by atoms with Gasteiger partial charge in [0.2, 0.25) is 10.0 Å². The van der Waals surface area contributed by atoms with E-state index in [1.54, 1.807) is 13.1 Å². The van der Waals surface area contributed by atoms with Crippen molar-refractivity contribution in [3.8, 4) is 0 Å². The van der Waals surface area contributed by atoms with Crippen LogP contribution >= 0.6 is 11.6 Å². The van der Waals surface area contributed by atoms with Crippen molar-refractivity contribution in [2.24, 2.45) is 0 Å². The normalized spacial score (nSPS) is 11.4. The topological polar surface area (TPSA) is 92.6 Å². The molecule has 0 aliphatic rings. The quantitative estimate of drug-likeness (QED) is 0.607. The average Bonchev–Trinajstić information content (AvgIpc) is 2.57. The first kappa shape index (κ1) is 19.1. The monoisotopic (exact) mass is 387 g/mol. The first-order chi connectivity index (χ1) is 11.7. The molecule has 7 nitrogen and oxygen atoms in total. The predicted molar refractivity (Wildman–Crippen MR) is 92.9 cm³/mol. The molecule has 1 N–H and O–H groups in total. The number of sulfonamides is 1. The van der Waals surface area contributed by atoms with Crippen LogP contribution in [-0.2, 0) is 16.6 Å². The Hall–Kier alpha value is -2.23. The number of nitrogens with zero attached hydrogens (tertiary/aromatic N) is 2. The molecule has 0 radical (unpaired) electrons. The van der Waals surface area contributed by atoms with Gasteiger partial charge in [0.05, 0.1) is 14.8 Å². The summed E-state index contributed by atoms with van der Waals surface area (Å²) in [5.41, 5.74) is 0.397. The maximum atomic E-state index is 13.5. The van der Waals surface area contributed by atoms with Crippen LogP contribution in [0.15, 0.2) is 41.3 Å². The molecule has 0 spiro atoms. The fourth-order valence-corrected chi connectivity index (χ4v) is 3.12. The molecule has 2 rings (SSSR count). The van der Waals surface area contributed by atoms with E-state index in [1.807, 2.05) is 0 Å². The lowest BCUT2D eigenvalue weighted by Gasteiger charge is -2.20. The Kier molecular flexibility index (Phi) is 5.61.